The van der Waals surface area contributed by atoms with Crippen LogP contribution in [0, 0.1) is 47.3 Å². The quantitative estimate of drug-likeness (QED) is 0.296. The van der Waals surface area contributed by atoms with Crippen LogP contribution in [-0.4, -0.2) is 56.2 Å². The second kappa shape index (κ2) is 13.3. The van der Waals surface area contributed by atoms with Crippen molar-refractivity contribution in [1.82, 2.24) is 4.90 Å². The molecule has 0 N–H and O–H groups in total. The van der Waals surface area contributed by atoms with E-state index >= 15 is 0 Å². The van der Waals surface area contributed by atoms with Gasteiger partial charge in [0.05, 0.1) is 12.2 Å². The van der Waals surface area contributed by atoms with E-state index in [0.29, 0.717) is 12.2 Å². The van der Waals surface area contributed by atoms with Crippen molar-refractivity contribution in [3.05, 3.63) is 0 Å². The standard InChI is InChI=1S/C42H67NOS2/c1-2-10-26(11-3-1)27-20-22-28(23-21-27)43(33-15-9-19-37-39(33)31-12-4-6-17-35(31)45-37)34-16-8-14-29-30-24-25-38-40(42(30)44-41(29)34)32-13-5-7-18-36(32)46-38/h26-42H,1-25H2. The molecule has 0 radical (unpaired) electrons. The molecule has 14 unspecified atom stereocenters. The first-order valence-corrected chi connectivity index (χ1v) is 23.4. The predicted molar refractivity (Wildman–Crippen MR) is 196 cm³/mol. The van der Waals surface area contributed by atoms with E-state index in [0.717, 1.165) is 86.5 Å². The minimum Gasteiger partial charge on any atom is -0.372 e. The van der Waals surface area contributed by atoms with Gasteiger partial charge in [0.1, 0.15) is 0 Å². The van der Waals surface area contributed by atoms with Crippen molar-refractivity contribution in [2.24, 2.45) is 47.3 Å². The predicted octanol–water partition coefficient (Wildman–Crippen LogP) is 10.9. The highest BCUT2D eigenvalue weighted by molar-refractivity contribution is 8.01. The van der Waals surface area contributed by atoms with Gasteiger partial charge in [0.15, 0.2) is 0 Å². The molecule has 10 aliphatic rings. The van der Waals surface area contributed by atoms with Crippen LogP contribution in [0.3, 0.4) is 0 Å². The SMILES string of the molecule is C1CCC(C2CCC(N(C3CCCC4C5CCC6SC7CCCCC7C6C5OC43)C3CCCC4SC5CCCCC5C43)CC2)CC1. The maximum Gasteiger partial charge on any atom is 0.0766 e. The van der Waals surface area contributed by atoms with Crippen molar-refractivity contribution in [3.8, 4) is 0 Å². The van der Waals surface area contributed by atoms with Crippen LogP contribution in [-0.2, 0) is 4.74 Å². The number of ether oxygens (including phenoxy) is 1. The molecule has 46 heavy (non-hydrogen) atoms. The zero-order chi connectivity index (χ0) is 30.2. The van der Waals surface area contributed by atoms with Gasteiger partial charge in [0, 0.05) is 45.0 Å². The highest BCUT2D eigenvalue weighted by Crippen LogP contribution is 2.62. The first-order valence-electron chi connectivity index (χ1n) is 21.6. The van der Waals surface area contributed by atoms with Gasteiger partial charge in [-0.15, -0.1) is 0 Å². The fourth-order valence-electron chi connectivity index (χ4n) is 15.3. The molecule has 3 heterocycles. The molecular weight excluding hydrogens is 599 g/mol. The van der Waals surface area contributed by atoms with E-state index in [1.807, 2.05) is 0 Å². The highest BCUT2D eigenvalue weighted by Gasteiger charge is 2.61. The summed E-state index contributed by atoms with van der Waals surface area (Å²) in [5, 5.41) is 3.87. The Kier molecular flexibility index (Phi) is 9.07. The van der Waals surface area contributed by atoms with E-state index in [1.165, 1.54) is 128 Å². The molecule has 10 rings (SSSR count). The number of hydrogen-bond donors (Lipinski definition) is 0. The van der Waals surface area contributed by atoms with Crippen LogP contribution in [0.15, 0.2) is 0 Å². The van der Waals surface area contributed by atoms with E-state index in [1.54, 1.807) is 32.1 Å². The highest BCUT2D eigenvalue weighted by atomic mass is 32.2. The van der Waals surface area contributed by atoms with Gasteiger partial charge < -0.3 is 4.74 Å². The van der Waals surface area contributed by atoms with Crippen molar-refractivity contribution >= 4 is 23.5 Å². The Hall–Kier alpha value is 0.620. The largest absolute Gasteiger partial charge is 0.372 e. The lowest BCUT2D eigenvalue weighted by molar-refractivity contribution is -0.106. The molecular formula is C42H67NOS2. The lowest BCUT2D eigenvalue weighted by Crippen LogP contribution is -2.61. The Morgan fingerprint density at radius 2 is 0.935 bits per heavy atom. The average Bonchev–Trinajstić information content (AvgIpc) is 3.81. The van der Waals surface area contributed by atoms with Crippen LogP contribution in [0.4, 0.5) is 0 Å². The van der Waals surface area contributed by atoms with E-state index < -0.39 is 0 Å². The molecule has 0 aromatic carbocycles. The molecule has 7 aliphatic carbocycles. The molecule has 4 heteroatoms. The van der Waals surface area contributed by atoms with E-state index in [2.05, 4.69) is 28.4 Å². The Morgan fingerprint density at radius 1 is 0.370 bits per heavy atom. The molecule has 10 fully saturated rings. The van der Waals surface area contributed by atoms with Crippen molar-refractivity contribution < 1.29 is 4.74 Å². The molecule has 3 saturated heterocycles. The smallest absolute Gasteiger partial charge is 0.0766 e. The Balaban J connectivity index is 0.950. The van der Waals surface area contributed by atoms with Crippen LogP contribution in [0.25, 0.3) is 0 Å². The summed E-state index contributed by atoms with van der Waals surface area (Å²) < 4.78 is 7.78. The first-order chi connectivity index (χ1) is 22.8. The fourth-order valence-corrected chi connectivity index (χ4v) is 19.5. The van der Waals surface area contributed by atoms with Gasteiger partial charge in [-0.25, -0.2) is 0 Å². The third kappa shape index (κ3) is 5.38. The molecule has 0 bridgehead atoms. The van der Waals surface area contributed by atoms with Crippen molar-refractivity contribution in [2.45, 2.75) is 212 Å². The number of nitrogens with zero attached hydrogens (tertiary/aromatic N) is 1. The molecule has 14 atom stereocenters. The summed E-state index contributed by atoms with van der Waals surface area (Å²) in [6.45, 7) is 0. The fraction of sp³-hybridized carbons (Fsp3) is 1.00. The maximum absolute atomic E-state index is 7.78. The second-order valence-electron chi connectivity index (χ2n) is 18.9. The Labute approximate surface area is 291 Å². The topological polar surface area (TPSA) is 12.5 Å². The monoisotopic (exact) mass is 665 g/mol. The first kappa shape index (κ1) is 31.4. The molecule has 7 saturated carbocycles. The molecule has 0 aromatic rings. The van der Waals surface area contributed by atoms with Crippen molar-refractivity contribution in [2.75, 3.05) is 0 Å². The van der Waals surface area contributed by atoms with Gasteiger partial charge in [-0.05, 0) is 131 Å². The molecule has 3 aliphatic heterocycles. The summed E-state index contributed by atoms with van der Waals surface area (Å²) in [5.74, 6) is 7.78. The summed E-state index contributed by atoms with van der Waals surface area (Å²) in [6, 6.07) is 2.44. The number of thioether (sulfide) groups is 2. The summed E-state index contributed by atoms with van der Waals surface area (Å²) in [5.41, 5.74) is 0. The summed E-state index contributed by atoms with van der Waals surface area (Å²) in [4.78, 5) is 3.41. The average molecular weight is 666 g/mol. The summed E-state index contributed by atoms with van der Waals surface area (Å²) >= 11 is 4.96. The van der Waals surface area contributed by atoms with Crippen LogP contribution >= 0.6 is 23.5 Å². The van der Waals surface area contributed by atoms with Crippen LogP contribution in [0.1, 0.15) is 161 Å². The van der Waals surface area contributed by atoms with Gasteiger partial charge in [0.25, 0.3) is 0 Å². The van der Waals surface area contributed by atoms with Gasteiger partial charge >= 0.3 is 0 Å². The molecule has 258 valence electrons. The molecule has 0 amide bonds. The normalized spacial score (nSPS) is 53.9. The van der Waals surface area contributed by atoms with Crippen LogP contribution in [0.5, 0.6) is 0 Å². The molecule has 0 spiro atoms. The third-order valence-electron chi connectivity index (χ3n) is 17.0. The number of hydrogen-bond acceptors (Lipinski definition) is 4. The second-order valence-corrected chi connectivity index (χ2v) is 21.8. The number of rotatable bonds is 4. The lowest BCUT2D eigenvalue weighted by atomic mass is 9.64. The molecule has 2 nitrogen and oxygen atoms in total. The van der Waals surface area contributed by atoms with Crippen LogP contribution in [0.2, 0.25) is 0 Å². The zero-order valence-corrected chi connectivity index (χ0v) is 30.8. The van der Waals surface area contributed by atoms with E-state index in [9.17, 15) is 0 Å². The van der Waals surface area contributed by atoms with Gasteiger partial charge in [-0.1, -0.05) is 70.6 Å². The van der Waals surface area contributed by atoms with Crippen molar-refractivity contribution in [3.63, 3.8) is 0 Å². The third-order valence-corrected chi connectivity index (χ3v) is 20.7. The lowest BCUT2D eigenvalue weighted by Gasteiger charge is -2.54. The molecule has 0 aromatic heterocycles. The van der Waals surface area contributed by atoms with E-state index in [-0.39, 0.29) is 0 Å². The minimum atomic E-state index is 0.558. The van der Waals surface area contributed by atoms with Crippen LogP contribution < -0.4 is 0 Å². The Bertz CT molecular complexity index is 1050. The van der Waals surface area contributed by atoms with Gasteiger partial charge in [0.2, 0.25) is 0 Å². The summed E-state index contributed by atoms with van der Waals surface area (Å²) in [6.07, 6.45) is 39.1. The Morgan fingerprint density at radius 3 is 1.72 bits per heavy atom. The van der Waals surface area contributed by atoms with Crippen molar-refractivity contribution in [1.29, 1.82) is 0 Å². The minimum absolute atomic E-state index is 0.558. The van der Waals surface area contributed by atoms with Gasteiger partial charge in [-0.2, -0.15) is 23.5 Å². The maximum atomic E-state index is 7.78. The number of fused-ring (bicyclic) bond motifs is 10. The zero-order valence-electron chi connectivity index (χ0n) is 29.2. The van der Waals surface area contributed by atoms with E-state index in [4.69, 9.17) is 4.74 Å². The summed E-state index contributed by atoms with van der Waals surface area (Å²) in [7, 11) is 0. The van der Waals surface area contributed by atoms with Gasteiger partial charge in [-0.3, -0.25) is 4.90 Å².